The van der Waals surface area contributed by atoms with Gasteiger partial charge in [0, 0.05) is 0 Å². The molecular formula is C24H20BrFN2O4S. The third-order valence-electron chi connectivity index (χ3n) is 5.18. The third kappa shape index (κ3) is 4.43. The summed E-state index contributed by atoms with van der Waals surface area (Å²) in [5.41, 5.74) is 1.88. The molecule has 0 amide bonds. The number of thiazole rings is 1. The van der Waals surface area contributed by atoms with Crippen LogP contribution in [0.4, 0.5) is 4.39 Å². The second kappa shape index (κ2) is 9.44. The monoisotopic (exact) mass is 530 g/mol. The molecule has 9 heteroatoms. The molecule has 1 aromatic heterocycles. The molecule has 0 radical (unpaired) electrons. The molecule has 3 aromatic rings. The Kier molecular flexibility index (Phi) is 6.62. The largest absolute Gasteiger partial charge is 0.496 e. The maximum atomic E-state index is 13.5. The van der Waals surface area contributed by atoms with Gasteiger partial charge in [-0.25, -0.2) is 14.2 Å². The highest BCUT2D eigenvalue weighted by atomic mass is 79.9. The van der Waals surface area contributed by atoms with E-state index in [-0.39, 0.29) is 18.0 Å². The van der Waals surface area contributed by atoms with Gasteiger partial charge >= 0.3 is 5.97 Å². The Bertz CT molecular complexity index is 1440. The lowest BCUT2D eigenvalue weighted by molar-refractivity contribution is -0.139. The highest BCUT2D eigenvalue weighted by Gasteiger charge is 2.33. The molecule has 2 aromatic carbocycles. The molecular weight excluding hydrogens is 511 g/mol. The summed E-state index contributed by atoms with van der Waals surface area (Å²) in [6.07, 6.45) is 1.69. The van der Waals surface area contributed by atoms with Gasteiger partial charge in [-0.05, 0) is 71.2 Å². The number of fused-ring (bicyclic) bond motifs is 1. The molecule has 1 atom stereocenters. The zero-order valence-electron chi connectivity index (χ0n) is 18.1. The summed E-state index contributed by atoms with van der Waals surface area (Å²) >= 11 is 4.70. The number of hydrogen-bond donors (Lipinski definition) is 0. The van der Waals surface area contributed by atoms with Crippen molar-refractivity contribution in [2.24, 2.45) is 4.99 Å². The van der Waals surface area contributed by atoms with Crippen molar-refractivity contribution in [3.05, 3.63) is 94.8 Å². The standard InChI is InChI=1S/C24H20BrFN2O4S/c1-4-32-23(30)20-13(2)27-24-28(21(20)15-7-10-18(31-3)17(25)12-15)22(29)19(33-24)11-14-5-8-16(26)9-6-14/h5-12,21H,4H2,1-3H3/b19-11+/t21-/m0/s1. The van der Waals surface area contributed by atoms with E-state index in [0.29, 0.717) is 42.0 Å². The molecule has 0 unspecified atom stereocenters. The Morgan fingerprint density at radius 2 is 2.00 bits per heavy atom. The summed E-state index contributed by atoms with van der Waals surface area (Å²) in [5.74, 6) is -0.252. The number of rotatable bonds is 5. The summed E-state index contributed by atoms with van der Waals surface area (Å²) in [7, 11) is 1.56. The van der Waals surface area contributed by atoms with E-state index in [1.165, 1.54) is 28.0 Å². The average molecular weight is 531 g/mol. The Balaban J connectivity index is 1.96. The lowest BCUT2D eigenvalue weighted by atomic mass is 9.96. The fraction of sp³-hybridized carbons (Fsp3) is 0.208. The van der Waals surface area contributed by atoms with Crippen molar-refractivity contribution in [1.82, 2.24) is 4.57 Å². The molecule has 0 spiro atoms. The zero-order valence-corrected chi connectivity index (χ0v) is 20.5. The molecule has 0 bridgehead atoms. The van der Waals surface area contributed by atoms with E-state index in [9.17, 15) is 14.0 Å². The Labute approximate surface area is 201 Å². The number of ether oxygens (including phenoxy) is 2. The fourth-order valence-electron chi connectivity index (χ4n) is 3.67. The predicted molar refractivity (Wildman–Crippen MR) is 127 cm³/mol. The van der Waals surface area contributed by atoms with Crippen molar-refractivity contribution < 1.29 is 18.7 Å². The quantitative estimate of drug-likeness (QED) is 0.471. The van der Waals surface area contributed by atoms with Crippen LogP contribution >= 0.6 is 27.3 Å². The van der Waals surface area contributed by atoms with Crippen LogP contribution in [0.25, 0.3) is 6.08 Å². The van der Waals surface area contributed by atoms with Gasteiger partial charge in [0.25, 0.3) is 5.56 Å². The predicted octanol–water partition coefficient (Wildman–Crippen LogP) is 3.71. The van der Waals surface area contributed by atoms with Gasteiger partial charge in [0.15, 0.2) is 4.80 Å². The molecule has 2 heterocycles. The molecule has 0 saturated carbocycles. The number of methoxy groups -OCH3 is 1. The second-order valence-electron chi connectivity index (χ2n) is 7.25. The number of hydrogen-bond acceptors (Lipinski definition) is 6. The van der Waals surface area contributed by atoms with Gasteiger partial charge in [0.1, 0.15) is 11.6 Å². The molecule has 4 rings (SSSR count). The molecule has 1 aliphatic heterocycles. The Morgan fingerprint density at radius 1 is 1.27 bits per heavy atom. The Hall–Kier alpha value is -3.04. The molecule has 6 nitrogen and oxygen atoms in total. The van der Waals surface area contributed by atoms with E-state index in [0.717, 1.165) is 0 Å². The van der Waals surface area contributed by atoms with Crippen molar-refractivity contribution in [3.63, 3.8) is 0 Å². The van der Waals surface area contributed by atoms with E-state index in [1.54, 1.807) is 45.2 Å². The van der Waals surface area contributed by atoms with Crippen molar-refractivity contribution >= 4 is 39.3 Å². The topological polar surface area (TPSA) is 69.9 Å². The summed E-state index contributed by atoms with van der Waals surface area (Å²) < 4.78 is 26.5. The van der Waals surface area contributed by atoms with Gasteiger partial charge in [-0.3, -0.25) is 9.36 Å². The van der Waals surface area contributed by atoms with Crippen LogP contribution < -0.4 is 19.6 Å². The van der Waals surface area contributed by atoms with Gasteiger partial charge in [0.2, 0.25) is 0 Å². The summed E-state index contributed by atoms with van der Waals surface area (Å²) in [6.45, 7) is 3.66. The minimum absolute atomic E-state index is 0.198. The van der Waals surface area contributed by atoms with Crippen molar-refractivity contribution in [2.75, 3.05) is 13.7 Å². The van der Waals surface area contributed by atoms with E-state index < -0.39 is 12.0 Å². The molecule has 0 N–H and O–H groups in total. The lowest BCUT2D eigenvalue weighted by Crippen LogP contribution is -2.39. The smallest absolute Gasteiger partial charge is 0.338 e. The molecule has 0 aliphatic carbocycles. The number of halogens is 2. The Morgan fingerprint density at radius 3 is 2.64 bits per heavy atom. The molecule has 1 aliphatic rings. The van der Waals surface area contributed by atoms with Crippen LogP contribution in [-0.2, 0) is 9.53 Å². The van der Waals surface area contributed by atoms with E-state index in [4.69, 9.17) is 9.47 Å². The van der Waals surface area contributed by atoms with Gasteiger partial charge in [0.05, 0.1) is 40.0 Å². The lowest BCUT2D eigenvalue weighted by Gasteiger charge is -2.25. The zero-order chi connectivity index (χ0) is 23.7. The number of carbonyl (C=O) groups excluding carboxylic acids is 1. The summed E-state index contributed by atoms with van der Waals surface area (Å²) in [4.78, 5) is 31.4. The SMILES string of the molecule is CCOC(=O)C1=C(C)N=c2s/c(=C/c3ccc(F)cc3)c(=O)n2[C@H]1c1ccc(OC)c(Br)c1. The number of nitrogens with zero attached hydrogens (tertiary/aromatic N) is 2. The van der Waals surface area contributed by atoms with Crippen LogP contribution in [0, 0.1) is 5.82 Å². The van der Waals surface area contributed by atoms with Crippen molar-refractivity contribution in [3.8, 4) is 5.75 Å². The first-order valence-corrected chi connectivity index (χ1v) is 11.7. The normalized spacial score (nSPS) is 15.8. The third-order valence-corrected chi connectivity index (χ3v) is 6.78. The number of aromatic nitrogens is 1. The highest BCUT2D eigenvalue weighted by Crippen LogP contribution is 2.34. The maximum Gasteiger partial charge on any atom is 0.338 e. The molecule has 33 heavy (non-hydrogen) atoms. The van der Waals surface area contributed by atoms with Gasteiger partial charge in [-0.1, -0.05) is 29.5 Å². The second-order valence-corrected chi connectivity index (χ2v) is 9.11. The first kappa shape index (κ1) is 23.1. The number of esters is 1. The minimum atomic E-state index is -0.724. The van der Waals surface area contributed by atoms with Gasteiger partial charge in [-0.2, -0.15) is 0 Å². The molecule has 0 saturated heterocycles. The first-order chi connectivity index (χ1) is 15.8. The van der Waals surface area contributed by atoms with Crippen LogP contribution in [0.1, 0.15) is 31.0 Å². The fourth-order valence-corrected chi connectivity index (χ4v) is 5.27. The molecule has 0 fully saturated rings. The van der Waals surface area contributed by atoms with Crippen LogP contribution in [-0.4, -0.2) is 24.3 Å². The van der Waals surface area contributed by atoms with Crippen LogP contribution in [0.3, 0.4) is 0 Å². The first-order valence-electron chi connectivity index (χ1n) is 10.1. The maximum absolute atomic E-state index is 13.5. The number of carbonyl (C=O) groups is 1. The van der Waals surface area contributed by atoms with Crippen molar-refractivity contribution in [1.29, 1.82) is 0 Å². The highest BCUT2D eigenvalue weighted by molar-refractivity contribution is 9.10. The van der Waals surface area contributed by atoms with Crippen molar-refractivity contribution in [2.45, 2.75) is 19.9 Å². The average Bonchev–Trinajstić information content (AvgIpc) is 3.09. The summed E-state index contributed by atoms with van der Waals surface area (Å²) in [6, 6.07) is 10.5. The van der Waals surface area contributed by atoms with E-state index >= 15 is 0 Å². The number of benzene rings is 2. The summed E-state index contributed by atoms with van der Waals surface area (Å²) in [5, 5.41) is 0. The van der Waals surface area contributed by atoms with Crippen LogP contribution in [0.2, 0.25) is 0 Å². The van der Waals surface area contributed by atoms with E-state index in [2.05, 4.69) is 20.9 Å². The van der Waals surface area contributed by atoms with Gasteiger partial charge in [-0.15, -0.1) is 0 Å². The van der Waals surface area contributed by atoms with Gasteiger partial charge < -0.3 is 9.47 Å². The van der Waals surface area contributed by atoms with Crippen LogP contribution in [0.15, 0.2) is 68.0 Å². The van der Waals surface area contributed by atoms with E-state index in [1.807, 2.05) is 12.1 Å². The number of allylic oxidation sites excluding steroid dienone is 1. The molecule has 170 valence electrons. The van der Waals surface area contributed by atoms with Crippen LogP contribution in [0.5, 0.6) is 5.75 Å². The minimum Gasteiger partial charge on any atom is -0.496 e.